The number of nitro benzene ring substituents is 1. The van der Waals surface area contributed by atoms with E-state index in [0.29, 0.717) is 6.07 Å². The van der Waals surface area contributed by atoms with Crippen LogP contribution in [-0.2, 0) is 4.79 Å². The molecule has 9 heteroatoms. The number of non-ortho nitro benzene ring substituents is 1. The number of carboxylic acid groups (broad SMARTS) is 1. The lowest BCUT2D eigenvalue weighted by Crippen LogP contribution is -2.40. The van der Waals surface area contributed by atoms with Crippen LogP contribution < -0.4 is 0 Å². The Morgan fingerprint density at radius 2 is 2.10 bits per heavy atom. The molecule has 0 aromatic heterocycles. The number of carboxylic acids is 1. The van der Waals surface area contributed by atoms with Crippen LogP contribution in [0.3, 0.4) is 0 Å². The highest BCUT2D eigenvalue weighted by Gasteiger charge is 2.40. The Morgan fingerprint density at radius 3 is 2.62 bits per heavy atom. The summed E-state index contributed by atoms with van der Waals surface area (Å²) in [6, 6.07) is 1.23. The third-order valence-electron chi connectivity index (χ3n) is 3.22. The van der Waals surface area contributed by atoms with Gasteiger partial charge in [0.2, 0.25) is 0 Å². The molecule has 21 heavy (non-hydrogen) atoms. The first-order valence-electron chi connectivity index (χ1n) is 5.97. The molecule has 1 aliphatic heterocycles. The highest BCUT2D eigenvalue weighted by atomic mass is 19.1. The molecule has 2 rings (SSSR count). The molecule has 0 spiro atoms. The SMILES string of the molecule is O=C(O)[C@@H]1C[C@H](O)CN1C(=O)c1ccc([N+](=O)[O-])cc1F. The second-order valence-corrected chi connectivity index (χ2v) is 4.62. The smallest absolute Gasteiger partial charge is 0.326 e. The van der Waals surface area contributed by atoms with Gasteiger partial charge in [-0.3, -0.25) is 14.9 Å². The fourth-order valence-electron chi connectivity index (χ4n) is 2.22. The minimum absolute atomic E-state index is 0.143. The summed E-state index contributed by atoms with van der Waals surface area (Å²) in [4.78, 5) is 33.7. The Hall–Kier alpha value is -2.55. The van der Waals surface area contributed by atoms with Crippen LogP contribution >= 0.6 is 0 Å². The first kappa shape index (κ1) is 14.9. The maximum Gasteiger partial charge on any atom is 0.326 e. The Balaban J connectivity index is 2.31. The fraction of sp³-hybridized carbons (Fsp3) is 0.333. The van der Waals surface area contributed by atoms with E-state index in [4.69, 9.17) is 5.11 Å². The van der Waals surface area contributed by atoms with Crippen molar-refractivity contribution in [2.45, 2.75) is 18.6 Å². The molecule has 0 unspecified atom stereocenters. The topological polar surface area (TPSA) is 121 Å². The number of nitrogens with zero attached hydrogens (tertiary/aromatic N) is 2. The zero-order valence-corrected chi connectivity index (χ0v) is 10.6. The van der Waals surface area contributed by atoms with Gasteiger partial charge in [-0.1, -0.05) is 0 Å². The fourth-order valence-corrected chi connectivity index (χ4v) is 2.22. The van der Waals surface area contributed by atoms with Crippen molar-refractivity contribution in [1.29, 1.82) is 0 Å². The molecule has 112 valence electrons. The highest BCUT2D eigenvalue weighted by molar-refractivity contribution is 5.97. The number of carbonyl (C=O) groups excluding carboxylic acids is 1. The largest absolute Gasteiger partial charge is 0.480 e. The van der Waals surface area contributed by atoms with Gasteiger partial charge in [0.05, 0.1) is 22.7 Å². The van der Waals surface area contributed by atoms with Crippen molar-refractivity contribution in [1.82, 2.24) is 4.90 Å². The number of amides is 1. The minimum Gasteiger partial charge on any atom is -0.480 e. The van der Waals surface area contributed by atoms with Gasteiger partial charge in [0, 0.05) is 19.0 Å². The summed E-state index contributed by atoms with van der Waals surface area (Å²) in [5, 5.41) is 29.0. The van der Waals surface area contributed by atoms with Gasteiger partial charge in [-0.05, 0) is 6.07 Å². The molecule has 1 aromatic carbocycles. The summed E-state index contributed by atoms with van der Waals surface area (Å²) in [5.74, 6) is -3.34. The summed E-state index contributed by atoms with van der Waals surface area (Å²) in [6.45, 7) is -0.230. The summed E-state index contributed by atoms with van der Waals surface area (Å²) >= 11 is 0. The molecule has 1 amide bonds. The number of likely N-dealkylation sites (tertiary alicyclic amines) is 1. The van der Waals surface area contributed by atoms with E-state index in [9.17, 15) is 29.2 Å². The first-order chi connectivity index (χ1) is 9.81. The quantitative estimate of drug-likeness (QED) is 0.615. The number of benzene rings is 1. The summed E-state index contributed by atoms with van der Waals surface area (Å²) in [5.41, 5.74) is -0.985. The van der Waals surface area contributed by atoms with Gasteiger partial charge >= 0.3 is 5.97 Å². The summed E-state index contributed by atoms with van der Waals surface area (Å²) < 4.78 is 13.8. The minimum atomic E-state index is -1.30. The van der Waals surface area contributed by atoms with Crippen molar-refractivity contribution in [2.75, 3.05) is 6.54 Å². The van der Waals surface area contributed by atoms with Crippen molar-refractivity contribution in [2.24, 2.45) is 0 Å². The van der Waals surface area contributed by atoms with Crippen LogP contribution in [0.5, 0.6) is 0 Å². The lowest BCUT2D eigenvalue weighted by molar-refractivity contribution is -0.385. The molecule has 0 radical (unpaired) electrons. The second kappa shape index (κ2) is 5.44. The molecule has 1 heterocycles. The molecule has 1 aliphatic rings. The standard InChI is InChI=1S/C12H11FN2O6/c13-9-3-6(15(20)21)1-2-8(9)11(17)14-5-7(16)4-10(14)12(18)19/h1-3,7,10,16H,4-5H2,(H,18,19)/t7-,10-/m0/s1. The number of hydrogen-bond acceptors (Lipinski definition) is 5. The predicted molar refractivity (Wildman–Crippen MR) is 66.1 cm³/mol. The van der Waals surface area contributed by atoms with E-state index in [-0.39, 0.29) is 13.0 Å². The van der Waals surface area contributed by atoms with E-state index in [1.807, 2.05) is 0 Å². The number of carbonyl (C=O) groups is 2. The molecule has 1 fully saturated rings. The van der Waals surface area contributed by atoms with Crippen LogP contribution in [0.4, 0.5) is 10.1 Å². The van der Waals surface area contributed by atoms with E-state index in [1.165, 1.54) is 0 Å². The number of β-amino-alcohol motifs (C(OH)–C–C–N with tert-alkyl or cyclic N) is 1. The van der Waals surface area contributed by atoms with Crippen molar-refractivity contribution in [3.63, 3.8) is 0 Å². The number of aliphatic carboxylic acids is 1. The average Bonchev–Trinajstić information content (AvgIpc) is 2.80. The van der Waals surface area contributed by atoms with E-state index < -0.39 is 46.0 Å². The van der Waals surface area contributed by atoms with E-state index in [2.05, 4.69) is 0 Å². The molecule has 2 atom stereocenters. The van der Waals surface area contributed by atoms with Gasteiger partial charge in [0.15, 0.2) is 0 Å². The number of rotatable bonds is 3. The van der Waals surface area contributed by atoms with Crippen LogP contribution in [0.25, 0.3) is 0 Å². The molecule has 0 bridgehead atoms. The second-order valence-electron chi connectivity index (χ2n) is 4.62. The Kier molecular flexibility index (Phi) is 3.85. The third-order valence-corrected chi connectivity index (χ3v) is 3.22. The van der Waals surface area contributed by atoms with Gasteiger partial charge in [-0.15, -0.1) is 0 Å². The lowest BCUT2D eigenvalue weighted by atomic mass is 10.1. The van der Waals surface area contributed by atoms with Crippen molar-refractivity contribution in [3.05, 3.63) is 39.7 Å². The van der Waals surface area contributed by atoms with Crippen LogP contribution in [0.15, 0.2) is 18.2 Å². The van der Waals surface area contributed by atoms with Crippen molar-refractivity contribution < 1.29 is 29.1 Å². The van der Waals surface area contributed by atoms with E-state index in [0.717, 1.165) is 17.0 Å². The molecule has 0 aliphatic carbocycles. The summed E-state index contributed by atoms with van der Waals surface area (Å²) in [6.07, 6.45) is -1.15. The van der Waals surface area contributed by atoms with E-state index >= 15 is 0 Å². The molecule has 8 nitrogen and oxygen atoms in total. The molecular formula is C12H11FN2O6. The first-order valence-corrected chi connectivity index (χ1v) is 5.97. The molecule has 1 aromatic rings. The maximum atomic E-state index is 13.8. The Labute approximate surface area is 117 Å². The number of halogens is 1. The zero-order chi connectivity index (χ0) is 15.7. The summed E-state index contributed by atoms with van der Waals surface area (Å²) in [7, 11) is 0. The number of hydrogen-bond donors (Lipinski definition) is 2. The van der Waals surface area contributed by atoms with Crippen LogP contribution in [0.2, 0.25) is 0 Å². The van der Waals surface area contributed by atoms with Crippen molar-refractivity contribution in [3.8, 4) is 0 Å². The normalized spacial score (nSPS) is 21.3. The molecule has 1 saturated heterocycles. The number of aliphatic hydroxyl groups is 1. The van der Waals surface area contributed by atoms with Crippen LogP contribution in [0.1, 0.15) is 16.8 Å². The van der Waals surface area contributed by atoms with Gasteiger partial charge in [0.25, 0.3) is 11.6 Å². The number of nitro groups is 1. The maximum absolute atomic E-state index is 13.8. The molecular weight excluding hydrogens is 287 g/mol. The zero-order valence-electron chi connectivity index (χ0n) is 10.6. The molecule has 0 saturated carbocycles. The van der Waals surface area contributed by atoms with Crippen molar-refractivity contribution >= 4 is 17.6 Å². The van der Waals surface area contributed by atoms with Gasteiger partial charge in [-0.25, -0.2) is 9.18 Å². The molecule has 2 N–H and O–H groups in total. The number of aliphatic hydroxyl groups excluding tert-OH is 1. The average molecular weight is 298 g/mol. The lowest BCUT2D eigenvalue weighted by Gasteiger charge is -2.21. The third kappa shape index (κ3) is 2.82. The van der Waals surface area contributed by atoms with Gasteiger partial charge < -0.3 is 15.1 Å². The van der Waals surface area contributed by atoms with Crippen LogP contribution in [-0.4, -0.2) is 50.6 Å². The Morgan fingerprint density at radius 1 is 1.43 bits per heavy atom. The monoisotopic (exact) mass is 298 g/mol. The van der Waals surface area contributed by atoms with Crippen LogP contribution in [0, 0.1) is 15.9 Å². The predicted octanol–water partition coefficient (Wildman–Crippen LogP) is 0.394. The van der Waals surface area contributed by atoms with Gasteiger partial charge in [0.1, 0.15) is 11.9 Å². The van der Waals surface area contributed by atoms with E-state index in [1.54, 1.807) is 0 Å². The Bertz CT molecular complexity index is 620. The van der Waals surface area contributed by atoms with Gasteiger partial charge in [-0.2, -0.15) is 0 Å². The highest BCUT2D eigenvalue weighted by Crippen LogP contribution is 2.24.